The Hall–Kier alpha value is -2.98. The lowest BCUT2D eigenvalue weighted by Crippen LogP contribution is -2.34. The SMILES string of the molecule is CON(C)C(=O)C1=NCC2=C1C=CC(c1ccccc1)(c1ccccc1)C2. The largest absolute Gasteiger partial charge is 0.295 e. The Balaban J connectivity index is 1.75. The lowest BCUT2D eigenvalue weighted by molar-refractivity contribution is -0.160. The predicted octanol–water partition coefficient (Wildman–Crippen LogP) is 3.70. The molecule has 0 saturated carbocycles. The summed E-state index contributed by atoms with van der Waals surface area (Å²) >= 11 is 0. The van der Waals surface area contributed by atoms with E-state index in [1.54, 1.807) is 7.05 Å². The molecule has 4 nitrogen and oxygen atoms in total. The molecule has 4 rings (SSSR count). The Bertz CT molecular complexity index is 903. The summed E-state index contributed by atoms with van der Waals surface area (Å²) in [5.41, 5.74) is 4.85. The van der Waals surface area contributed by atoms with Crippen molar-refractivity contribution in [1.29, 1.82) is 0 Å². The Kier molecular flexibility index (Phi) is 4.50. The lowest BCUT2D eigenvalue weighted by Gasteiger charge is -2.35. The monoisotopic (exact) mass is 358 g/mol. The second kappa shape index (κ2) is 6.97. The minimum absolute atomic E-state index is 0.209. The van der Waals surface area contributed by atoms with Gasteiger partial charge in [-0.25, -0.2) is 5.06 Å². The van der Waals surface area contributed by atoms with Gasteiger partial charge in [0.05, 0.1) is 13.7 Å². The zero-order chi connectivity index (χ0) is 18.9. The van der Waals surface area contributed by atoms with E-state index in [9.17, 15) is 4.79 Å². The molecule has 0 saturated heterocycles. The van der Waals surface area contributed by atoms with E-state index >= 15 is 0 Å². The summed E-state index contributed by atoms with van der Waals surface area (Å²) in [6.07, 6.45) is 5.09. The number of carbonyl (C=O) groups is 1. The highest BCUT2D eigenvalue weighted by atomic mass is 16.7. The molecular weight excluding hydrogens is 336 g/mol. The molecule has 0 unspecified atom stereocenters. The van der Waals surface area contributed by atoms with Crippen LogP contribution in [0.5, 0.6) is 0 Å². The van der Waals surface area contributed by atoms with Crippen molar-refractivity contribution in [3.8, 4) is 0 Å². The summed E-state index contributed by atoms with van der Waals surface area (Å²) in [4.78, 5) is 22.1. The standard InChI is InChI=1S/C23H22N2O2/c1-25(27-2)22(26)21-20-13-14-23(15-17(20)16-24-21,18-9-5-3-6-10-18)19-11-7-4-8-12-19/h3-14H,15-16H2,1-2H3. The van der Waals surface area contributed by atoms with Crippen LogP contribution in [-0.2, 0) is 15.0 Å². The van der Waals surface area contributed by atoms with Crippen LogP contribution in [0.25, 0.3) is 0 Å². The van der Waals surface area contributed by atoms with E-state index in [0.717, 1.165) is 12.0 Å². The summed E-state index contributed by atoms with van der Waals surface area (Å²) in [7, 11) is 3.09. The van der Waals surface area contributed by atoms with Gasteiger partial charge in [0.2, 0.25) is 0 Å². The van der Waals surface area contributed by atoms with Gasteiger partial charge >= 0.3 is 0 Å². The van der Waals surface area contributed by atoms with Crippen molar-refractivity contribution in [3.63, 3.8) is 0 Å². The molecule has 0 aromatic heterocycles. The third-order valence-electron chi connectivity index (χ3n) is 5.43. The van der Waals surface area contributed by atoms with E-state index in [0.29, 0.717) is 12.3 Å². The first kappa shape index (κ1) is 17.4. The van der Waals surface area contributed by atoms with Gasteiger partial charge in [0.15, 0.2) is 0 Å². The molecule has 4 heteroatoms. The fourth-order valence-electron chi connectivity index (χ4n) is 3.93. The van der Waals surface area contributed by atoms with Crippen molar-refractivity contribution >= 4 is 11.6 Å². The molecule has 0 N–H and O–H groups in total. The van der Waals surface area contributed by atoms with Crippen LogP contribution in [0.2, 0.25) is 0 Å². The Morgan fingerprint density at radius 1 is 1.04 bits per heavy atom. The minimum Gasteiger partial charge on any atom is -0.275 e. The number of rotatable bonds is 4. The Labute approximate surface area is 159 Å². The van der Waals surface area contributed by atoms with Gasteiger partial charge in [0.1, 0.15) is 5.71 Å². The number of aliphatic imine (C=N–C) groups is 1. The van der Waals surface area contributed by atoms with Gasteiger partial charge in [-0.15, -0.1) is 0 Å². The number of hydrogen-bond acceptors (Lipinski definition) is 3. The van der Waals surface area contributed by atoms with Crippen LogP contribution in [0.3, 0.4) is 0 Å². The van der Waals surface area contributed by atoms with Gasteiger partial charge in [0.25, 0.3) is 5.91 Å². The van der Waals surface area contributed by atoms with Crippen LogP contribution < -0.4 is 0 Å². The zero-order valence-electron chi connectivity index (χ0n) is 15.6. The molecule has 27 heavy (non-hydrogen) atoms. The molecule has 0 bridgehead atoms. The van der Waals surface area contributed by atoms with E-state index in [1.165, 1.54) is 28.9 Å². The second-order valence-electron chi connectivity index (χ2n) is 6.88. The Morgan fingerprint density at radius 2 is 1.63 bits per heavy atom. The molecule has 1 aliphatic carbocycles. The quantitative estimate of drug-likeness (QED) is 0.782. The predicted molar refractivity (Wildman–Crippen MR) is 107 cm³/mol. The molecule has 136 valence electrons. The van der Waals surface area contributed by atoms with Crippen molar-refractivity contribution in [1.82, 2.24) is 5.06 Å². The van der Waals surface area contributed by atoms with Crippen molar-refractivity contribution in [3.05, 3.63) is 95.1 Å². The van der Waals surface area contributed by atoms with Crippen molar-refractivity contribution in [2.75, 3.05) is 20.7 Å². The highest BCUT2D eigenvalue weighted by Crippen LogP contribution is 2.44. The normalized spacial score (nSPS) is 17.5. The average Bonchev–Trinajstić information content (AvgIpc) is 3.16. The van der Waals surface area contributed by atoms with Gasteiger partial charge in [0, 0.05) is 18.0 Å². The lowest BCUT2D eigenvalue weighted by atomic mass is 9.67. The van der Waals surface area contributed by atoms with Gasteiger partial charge in [-0.05, 0) is 23.1 Å². The summed E-state index contributed by atoms with van der Waals surface area (Å²) in [5.74, 6) is -0.209. The Morgan fingerprint density at radius 3 is 2.19 bits per heavy atom. The molecule has 0 radical (unpaired) electrons. The molecule has 1 aliphatic heterocycles. The summed E-state index contributed by atoms with van der Waals surface area (Å²) in [6, 6.07) is 21.1. The third kappa shape index (κ3) is 2.92. The fourth-order valence-corrected chi connectivity index (χ4v) is 3.93. The molecule has 0 atom stereocenters. The molecule has 2 aliphatic rings. The van der Waals surface area contributed by atoms with Crippen LogP contribution in [-0.4, -0.2) is 37.4 Å². The zero-order valence-corrected chi connectivity index (χ0v) is 15.6. The van der Waals surface area contributed by atoms with E-state index in [1.807, 2.05) is 12.1 Å². The van der Waals surface area contributed by atoms with E-state index < -0.39 is 0 Å². The fraction of sp³-hybridized carbons (Fsp3) is 0.217. The molecule has 0 spiro atoms. The number of amides is 1. The number of hydroxylamine groups is 2. The number of carbonyl (C=O) groups excluding carboxylic acids is 1. The average molecular weight is 358 g/mol. The maximum atomic E-state index is 12.5. The smallest absolute Gasteiger partial charge is 0.275 e. The number of benzene rings is 2. The van der Waals surface area contributed by atoms with Gasteiger partial charge in [-0.3, -0.25) is 14.6 Å². The van der Waals surface area contributed by atoms with Gasteiger partial charge in [-0.1, -0.05) is 72.8 Å². The van der Waals surface area contributed by atoms with Gasteiger partial charge in [-0.2, -0.15) is 0 Å². The topological polar surface area (TPSA) is 41.9 Å². The molecule has 1 heterocycles. The summed E-state index contributed by atoms with van der Waals surface area (Å²) < 4.78 is 0. The number of allylic oxidation sites excluding steroid dienone is 2. The second-order valence-corrected chi connectivity index (χ2v) is 6.88. The van der Waals surface area contributed by atoms with E-state index in [-0.39, 0.29) is 11.3 Å². The summed E-state index contributed by atoms with van der Waals surface area (Å²) in [5, 5.41) is 1.22. The number of hydrogen-bond donors (Lipinski definition) is 0. The summed E-state index contributed by atoms with van der Waals surface area (Å²) in [6.45, 7) is 0.555. The van der Waals surface area contributed by atoms with E-state index in [4.69, 9.17) is 4.84 Å². The maximum absolute atomic E-state index is 12.5. The first-order valence-corrected chi connectivity index (χ1v) is 9.05. The van der Waals surface area contributed by atoms with Gasteiger partial charge < -0.3 is 0 Å². The van der Waals surface area contributed by atoms with E-state index in [2.05, 4.69) is 65.7 Å². The number of nitrogens with zero attached hydrogens (tertiary/aromatic N) is 2. The van der Waals surface area contributed by atoms with Crippen LogP contribution in [0.15, 0.2) is 89.0 Å². The van der Waals surface area contributed by atoms with Crippen LogP contribution in [0.4, 0.5) is 0 Å². The van der Waals surface area contributed by atoms with Crippen molar-refractivity contribution in [2.45, 2.75) is 11.8 Å². The highest BCUT2D eigenvalue weighted by Gasteiger charge is 2.39. The minimum atomic E-state index is -0.247. The maximum Gasteiger partial charge on any atom is 0.295 e. The molecule has 2 aromatic rings. The third-order valence-corrected chi connectivity index (χ3v) is 5.43. The molecular formula is C23H22N2O2. The van der Waals surface area contributed by atoms with Crippen LogP contribution >= 0.6 is 0 Å². The first-order chi connectivity index (χ1) is 13.2. The molecule has 2 aromatic carbocycles. The van der Waals surface area contributed by atoms with Crippen molar-refractivity contribution < 1.29 is 9.63 Å². The van der Waals surface area contributed by atoms with Crippen LogP contribution in [0, 0.1) is 0 Å². The molecule has 0 fully saturated rings. The van der Waals surface area contributed by atoms with Crippen LogP contribution in [0.1, 0.15) is 17.5 Å². The van der Waals surface area contributed by atoms with Crippen molar-refractivity contribution in [2.24, 2.45) is 4.99 Å². The molecule has 1 amide bonds. The highest BCUT2D eigenvalue weighted by molar-refractivity contribution is 6.46. The first-order valence-electron chi connectivity index (χ1n) is 9.05.